The van der Waals surface area contributed by atoms with Gasteiger partial charge in [0.15, 0.2) is 9.84 Å². The highest BCUT2D eigenvalue weighted by atomic mass is 35.5. The topological polar surface area (TPSA) is 69.4 Å². The summed E-state index contributed by atoms with van der Waals surface area (Å²) in [5, 5.41) is 0.467. The minimum atomic E-state index is -2.94. The van der Waals surface area contributed by atoms with Gasteiger partial charge >= 0.3 is 0 Å². The first-order valence-corrected chi connectivity index (χ1v) is 7.99. The maximum Gasteiger partial charge on any atom is 0.154 e. The summed E-state index contributed by atoms with van der Waals surface area (Å²) in [7, 11) is -2.94. The van der Waals surface area contributed by atoms with Crippen molar-refractivity contribution in [3.63, 3.8) is 0 Å². The molecule has 1 heterocycles. The smallest absolute Gasteiger partial charge is 0.154 e. The molecule has 1 saturated heterocycles. The molecule has 2 N–H and O–H groups in total. The van der Waals surface area contributed by atoms with Crippen molar-refractivity contribution in [2.75, 3.05) is 11.5 Å². The molecule has 2 unspecified atom stereocenters. The maximum absolute atomic E-state index is 11.3. The third-order valence-electron chi connectivity index (χ3n) is 2.97. The second kappa shape index (κ2) is 5.07. The number of benzene rings is 1. The zero-order valence-electron chi connectivity index (χ0n) is 10.1. The van der Waals surface area contributed by atoms with Crippen molar-refractivity contribution in [1.82, 2.24) is 0 Å². The van der Waals surface area contributed by atoms with Gasteiger partial charge in [0.2, 0.25) is 0 Å². The molecule has 0 saturated carbocycles. The molecule has 0 radical (unpaired) electrons. The number of hydrogen-bond donors (Lipinski definition) is 1. The molecule has 0 aliphatic carbocycles. The summed E-state index contributed by atoms with van der Waals surface area (Å²) < 4.78 is 28.3. The van der Waals surface area contributed by atoms with Crippen LogP contribution in [0.4, 0.5) is 0 Å². The summed E-state index contributed by atoms with van der Waals surface area (Å²) in [4.78, 5) is 0. The molecule has 1 aromatic carbocycles. The Morgan fingerprint density at radius 3 is 2.72 bits per heavy atom. The molecular weight excluding hydrogens is 274 g/mol. The Morgan fingerprint density at radius 1 is 1.50 bits per heavy atom. The summed E-state index contributed by atoms with van der Waals surface area (Å²) >= 11 is 6.09. The number of rotatable bonds is 3. The van der Waals surface area contributed by atoms with E-state index >= 15 is 0 Å². The van der Waals surface area contributed by atoms with Gasteiger partial charge in [-0.1, -0.05) is 17.7 Å². The van der Waals surface area contributed by atoms with Gasteiger partial charge in [0.05, 0.1) is 16.5 Å². The van der Waals surface area contributed by atoms with Crippen LogP contribution in [0.5, 0.6) is 5.75 Å². The molecule has 1 aliphatic rings. The fourth-order valence-corrected chi connectivity index (χ4v) is 3.75. The van der Waals surface area contributed by atoms with E-state index in [4.69, 9.17) is 22.1 Å². The first-order valence-electron chi connectivity index (χ1n) is 5.79. The van der Waals surface area contributed by atoms with Crippen LogP contribution in [-0.2, 0) is 9.84 Å². The van der Waals surface area contributed by atoms with Gasteiger partial charge in [-0.15, -0.1) is 0 Å². The van der Waals surface area contributed by atoms with Crippen LogP contribution in [0.3, 0.4) is 0 Å². The maximum atomic E-state index is 11.3. The van der Waals surface area contributed by atoms with Crippen LogP contribution in [0, 0.1) is 0 Å². The second-order valence-electron chi connectivity index (χ2n) is 4.62. The van der Waals surface area contributed by atoms with Crippen LogP contribution >= 0.6 is 11.6 Å². The van der Waals surface area contributed by atoms with Gasteiger partial charge in [0, 0.05) is 6.04 Å². The lowest BCUT2D eigenvalue weighted by Gasteiger charge is -2.15. The van der Waals surface area contributed by atoms with E-state index in [9.17, 15) is 8.42 Å². The van der Waals surface area contributed by atoms with Crippen molar-refractivity contribution in [1.29, 1.82) is 0 Å². The van der Waals surface area contributed by atoms with Crippen LogP contribution in [-0.4, -0.2) is 26.0 Å². The average Bonchev–Trinajstić information content (AvgIpc) is 2.61. The van der Waals surface area contributed by atoms with Crippen molar-refractivity contribution in [2.24, 2.45) is 5.73 Å². The van der Waals surface area contributed by atoms with E-state index in [1.165, 1.54) is 0 Å². The van der Waals surface area contributed by atoms with E-state index in [-0.39, 0.29) is 23.7 Å². The number of sulfone groups is 1. The Labute approximate surface area is 112 Å². The third kappa shape index (κ3) is 3.16. The predicted molar refractivity (Wildman–Crippen MR) is 71.7 cm³/mol. The van der Waals surface area contributed by atoms with E-state index in [2.05, 4.69) is 0 Å². The van der Waals surface area contributed by atoms with Crippen LogP contribution in [0.25, 0.3) is 0 Å². The minimum absolute atomic E-state index is 0.0678. The van der Waals surface area contributed by atoms with E-state index in [1.807, 2.05) is 13.0 Å². The van der Waals surface area contributed by atoms with Crippen LogP contribution in [0.2, 0.25) is 5.02 Å². The first-order chi connectivity index (χ1) is 8.37. The highest BCUT2D eigenvalue weighted by molar-refractivity contribution is 7.91. The number of nitrogens with two attached hydrogens (primary N) is 1. The van der Waals surface area contributed by atoms with E-state index in [1.54, 1.807) is 12.1 Å². The Kier molecular flexibility index (Phi) is 3.84. The Hall–Kier alpha value is -0.780. The Morgan fingerprint density at radius 2 is 2.22 bits per heavy atom. The van der Waals surface area contributed by atoms with Crippen molar-refractivity contribution in [3.8, 4) is 5.75 Å². The lowest BCUT2D eigenvalue weighted by molar-refractivity contribution is 0.229. The van der Waals surface area contributed by atoms with Gasteiger partial charge in [-0.25, -0.2) is 8.42 Å². The molecular formula is C12H16ClNO3S. The summed E-state index contributed by atoms with van der Waals surface area (Å²) in [6, 6.07) is 5.25. The van der Waals surface area contributed by atoms with E-state index in [0.29, 0.717) is 17.2 Å². The minimum Gasteiger partial charge on any atom is -0.488 e. The molecule has 0 aromatic heterocycles. The zero-order valence-corrected chi connectivity index (χ0v) is 11.7. The van der Waals surface area contributed by atoms with Crippen LogP contribution in [0.15, 0.2) is 18.2 Å². The fourth-order valence-electron chi connectivity index (χ4n) is 1.93. The Bertz CT molecular complexity index is 542. The van der Waals surface area contributed by atoms with E-state index < -0.39 is 9.84 Å². The van der Waals surface area contributed by atoms with Gasteiger partial charge in [-0.2, -0.15) is 0 Å². The lowest BCUT2D eigenvalue weighted by atomic mass is 10.1. The van der Waals surface area contributed by atoms with Gasteiger partial charge in [0.1, 0.15) is 11.9 Å². The van der Waals surface area contributed by atoms with Crippen molar-refractivity contribution in [2.45, 2.75) is 25.5 Å². The number of hydrogen-bond acceptors (Lipinski definition) is 4. The van der Waals surface area contributed by atoms with E-state index in [0.717, 1.165) is 5.56 Å². The van der Waals surface area contributed by atoms with Gasteiger partial charge in [-0.05, 0) is 31.0 Å². The molecule has 0 spiro atoms. The molecule has 2 atom stereocenters. The third-order valence-corrected chi connectivity index (χ3v) is 5.00. The summed E-state index contributed by atoms with van der Waals surface area (Å²) in [5.74, 6) is 0.772. The quantitative estimate of drug-likeness (QED) is 0.923. The molecule has 0 bridgehead atoms. The molecule has 100 valence electrons. The first kappa shape index (κ1) is 13.6. The number of ether oxygens (including phenoxy) is 1. The van der Waals surface area contributed by atoms with Crippen molar-refractivity contribution < 1.29 is 13.2 Å². The molecule has 6 heteroatoms. The summed E-state index contributed by atoms with van der Waals surface area (Å²) in [6.45, 7) is 1.87. The summed E-state index contributed by atoms with van der Waals surface area (Å²) in [6.07, 6.45) is 0.224. The van der Waals surface area contributed by atoms with Gasteiger partial charge in [0.25, 0.3) is 0 Å². The standard InChI is InChI=1S/C12H16ClNO3S/c1-8(14)9-2-3-12(11(13)6-9)17-10-4-5-18(15,16)7-10/h2-3,6,8,10H,4-5,7,14H2,1H3. The molecule has 4 nitrogen and oxygen atoms in total. The molecule has 0 amide bonds. The summed E-state index contributed by atoms with van der Waals surface area (Å²) in [5.41, 5.74) is 6.68. The predicted octanol–water partition coefficient (Wildman–Crippen LogP) is 1.93. The van der Waals surface area contributed by atoms with Gasteiger partial charge < -0.3 is 10.5 Å². The molecule has 2 rings (SSSR count). The largest absolute Gasteiger partial charge is 0.488 e. The lowest BCUT2D eigenvalue weighted by Crippen LogP contribution is -2.18. The van der Waals surface area contributed by atoms with Crippen LogP contribution < -0.4 is 10.5 Å². The average molecular weight is 290 g/mol. The molecule has 1 aliphatic heterocycles. The molecule has 1 fully saturated rings. The Balaban J connectivity index is 2.11. The zero-order chi connectivity index (χ0) is 13.3. The monoisotopic (exact) mass is 289 g/mol. The van der Waals surface area contributed by atoms with Crippen molar-refractivity contribution in [3.05, 3.63) is 28.8 Å². The highest BCUT2D eigenvalue weighted by Gasteiger charge is 2.29. The normalized spacial score (nSPS) is 23.8. The molecule has 1 aromatic rings. The highest BCUT2D eigenvalue weighted by Crippen LogP contribution is 2.29. The van der Waals surface area contributed by atoms with Crippen molar-refractivity contribution >= 4 is 21.4 Å². The molecule has 18 heavy (non-hydrogen) atoms. The van der Waals surface area contributed by atoms with Gasteiger partial charge in [-0.3, -0.25) is 0 Å². The van der Waals surface area contributed by atoms with Crippen LogP contribution in [0.1, 0.15) is 24.9 Å². The second-order valence-corrected chi connectivity index (χ2v) is 7.26. The fraction of sp³-hybridized carbons (Fsp3) is 0.500. The SMILES string of the molecule is CC(N)c1ccc(OC2CCS(=O)(=O)C2)c(Cl)c1. The number of halogens is 1.